The van der Waals surface area contributed by atoms with Gasteiger partial charge < -0.3 is 9.30 Å². The van der Waals surface area contributed by atoms with Crippen molar-refractivity contribution in [3.05, 3.63) is 227 Å². The highest BCUT2D eigenvalue weighted by Crippen LogP contribution is 2.61. The molecular formula is C55H36N4O. The summed E-state index contributed by atoms with van der Waals surface area (Å²) < 4.78 is 9.58. The van der Waals surface area contributed by atoms with E-state index in [-0.39, 0.29) is 5.92 Å². The molecule has 1 spiro atoms. The van der Waals surface area contributed by atoms with Crippen molar-refractivity contribution in [1.29, 1.82) is 0 Å². The molecule has 2 aliphatic heterocycles. The third kappa shape index (κ3) is 4.60. The lowest BCUT2D eigenvalue weighted by Gasteiger charge is -2.45. The number of aryl methyl sites for hydroxylation is 1. The Morgan fingerprint density at radius 3 is 1.97 bits per heavy atom. The zero-order valence-corrected chi connectivity index (χ0v) is 32.6. The van der Waals surface area contributed by atoms with Gasteiger partial charge in [0.1, 0.15) is 17.3 Å². The minimum Gasteiger partial charge on any atom is -0.457 e. The van der Waals surface area contributed by atoms with Gasteiger partial charge in [-0.15, -0.1) is 0 Å². The molecule has 2 unspecified atom stereocenters. The van der Waals surface area contributed by atoms with E-state index >= 15 is 0 Å². The van der Waals surface area contributed by atoms with Gasteiger partial charge in [0, 0.05) is 38.9 Å². The lowest BCUT2D eigenvalue weighted by molar-refractivity contribution is 0.434. The monoisotopic (exact) mass is 768 g/mol. The highest BCUT2D eigenvalue weighted by Gasteiger charge is 2.50. The Labute approximate surface area is 347 Å². The van der Waals surface area contributed by atoms with Gasteiger partial charge in [0.15, 0.2) is 11.6 Å². The molecule has 0 saturated heterocycles. The molecular weight excluding hydrogens is 733 g/mol. The highest BCUT2D eigenvalue weighted by molar-refractivity contribution is 6.12. The van der Waals surface area contributed by atoms with Crippen LogP contribution in [0.1, 0.15) is 51.5 Å². The molecule has 0 saturated carbocycles. The summed E-state index contributed by atoms with van der Waals surface area (Å²) in [5, 5.41) is 2.52. The van der Waals surface area contributed by atoms with Crippen LogP contribution in [0.25, 0.3) is 61.4 Å². The van der Waals surface area contributed by atoms with Crippen molar-refractivity contribution in [3.63, 3.8) is 0 Å². The van der Waals surface area contributed by atoms with E-state index in [4.69, 9.17) is 19.7 Å². The van der Waals surface area contributed by atoms with Crippen LogP contribution < -0.4 is 4.74 Å². The maximum atomic E-state index is 7.09. The Hall–Kier alpha value is -7.63. The van der Waals surface area contributed by atoms with E-state index in [1.807, 2.05) is 36.4 Å². The Kier molecular flexibility index (Phi) is 7.05. The Morgan fingerprint density at radius 2 is 1.15 bits per heavy atom. The summed E-state index contributed by atoms with van der Waals surface area (Å²) in [5.74, 6) is 3.86. The van der Waals surface area contributed by atoms with E-state index in [0.717, 1.165) is 46.9 Å². The molecule has 5 nitrogen and oxygen atoms in total. The lowest BCUT2D eigenvalue weighted by Crippen LogP contribution is -2.38. The quantitative estimate of drug-likeness (QED) is 0.180. The van der Waals surface area contributed by atoms with Crippen LogP contribution in [0.2, 0.25) is 0 Å². The summed E-state index contributed by atoms with van der Waals surface area (Å²) in [5.41, 5.74) is 14.7. The van der Waals surface area contributed by atoms with Gasteiger partial charge in [-0.3, -0.25) is 0 Å². The van der Waals surface area contributed by atoms with Gasteiger partial charge in [0.05, 0.1) is 22.1 Å². The number of fused-ring (bicyclic) bond motifs is 14. The number of para-hydroxylation sites is 4. The average molecular weight is 769 g/mol. The van der Waals surface area contributed by atoms with Crippen LogP contribution in [0.3, 0.4) is 0 Å². The number of ether oxygens (including phenoxy) is 1. The molecule has 4 heterocycles. The number of nitrogens with zero attached hydrogens (tertiary/aromatic N) is 4. The van der Waals surface area contributed by atoms with Crippen LogP contribution >= 0.6 is 0 Å². The zero-order chi connectivity index (χ0) is 39.4. The van der Waals surface area contributed by atoms with Gasteiger partial charge in [-0.25, -0.2) is 15.0 Å². The predicted molar refractivity (Wildman–Crippen MR) is 239 cm³/mol. The summed E-state index contributed by atoms with van der Waals surface area (Å²) >= 11 is 0. The van der Waals surface area contributed by atoms with E-state index in [0.29, 0.717) is 11.6 Å². The lowest BCUT2D eigenvalue weighted by atomic mass is 9.61. The smallest absolute Gasteiger partial charge is 0.163 e. The van der Waals surface area contributed by atoms with Crippen molar-refractivity contribution < 1.29 is 4.74 Å². The zero-order valence-electron chi connectivity index (χ0n) is 32.6. The van der Waals surface area contributed by atoms with E-state index in [1.54, 1.807) is 0 Å². The van der Waals surface area contributed by atoms with Gasteiger partial charge in [0.2, 0.25) is 0 Å². The second kappa shape index (κ2) is 12.7. The third-order valence-corrected chi connectivity index (χ3v) is 13.1. The number of hydrogen-bond donors (Lipinski definition) is 0. The van der Waals surface area contributed by atoms with Crippen LogP contribution in [-0.2, 0) is 11.8 Å². The van der Waals surface area contributed by atoms with Crippen molar-refractivity contribution in [2.45, 2.75) is 24.2 Å². The molecule has 2 atom stereocenters. The molecule has 0 bridgehead atoms. The second-order valence-corrected chi connectivity index (χ2v) is 16.2. The SMILES string of the molecule is c1ccc(-c2nc(-c3ccccc3)nc(C3CCc4cc5c(cc4-c4ccccc43)Oc3ccccc3C53c4ccccc4-n4c5ccccc5c5cccc3c54)n2)cc1. The van der Waals surface area contributed by atoms with Crippen LogP contribution in [-0.4, -0.2) is 19.5 Å². The standard InChI is InChI=1S/C55H36N4O/c1-3-16-34(17-4-1)52-56-53(35-18-5-2-6-19-35)58-54(57-52)41-31-30-36-32-46-50(33-42(36)38-21-8-7-20-37(38)41)60-49-29-14-11-25-44(49)55(46)43-24-10-13-28-48(43)59-47-27-12-9-22-39(47)40-23-15-26-45(55)51(40)59/h1-29,32-33,41H,30-31H2. The van der Waals surface area contributed by atoms with Crippen LogP contribution in [0.4, 0.5) is 0 Å². The molecule has 5 heteroatoms. The first kappa shape index (κ1) is 33.4. The first-order valence-corrected chi connectivity index (χ1v) is 20.8. The molecule has 282 valence electrons. The van der Waals surface area contributed by atoms with Gasteiger partial charge in [-0.05, 0) is 76.6 Å². The van der Waals surface area contributed by atoms with Crippen molar-refractivity contribution in [1.82, 2.24) is 19.5 Å². The highest BCUT2D eigenvalue weighted by atomic mass is 16.5. The fraction of sp³-hybridized carbons (Fsp3) is 0.0727. The molecule has 0 N–H and O–H groups in total. The van der Waals surface area contributed by atoms with Crippen molar-refractivity contribution in [3.8, 4) is 51.1 Å². The van der Waals surface area contributed by atoms with Gasteiger partial charge >= 0.3 is 0 Å². The van der Waals surface area contributed by atoms with Crippen molar-refractivity contribution in [2.75, 3.05) is 0 Å². The third-order valence-electron chi connectivity index (χ3n) is 13.1. The first-order valence-electron chi connectivity index (χ1n) is 20.8. The molecule has 0 fully saturated rings. The fourth-order valence-electron chi connectivity index (χ4n) is 10.6. The fourth-order valence-corrected chi connectivity index (χ4v) is 10.6. The molecule has 3 aliphatic rings. The molecule has 0 radical (unpaired) electrons. The Balaban J connectivity index is 1.05. The molecule has 1 aliphatic carbocycles. The maximum Gasteiger partial charge on any atom is 0.163 e. The second-order valence-electron chi connectivity index (χ2n) is 16.2. The van der Waals surface area contributed by atoms with Crippen LogP contribution in [0.15, 0.2) is 188 Å². The van der Waals surface area contributed by atoms with Crippen molar-refractivity contribution in [2.24, 2.45) is 0 Å². The Bertz CT molecular complexity index is 3310. The van der Waals surface area contributed by atoms with Gasteiger partial charge in [-0.2, -0.15) is 0 Å². The number of rotatable bonds is 3. The summed E-state index contributed by atoms with van der Waals surface area (Å²) in [6.07, 6.45) is 1.67. The predicted octanol–water partition coefficient (Wildman–Crippen LogP) is 12.8. The molecule has 2 aromatic heterocycles. The normalized spacial score (nSPS) is 16.9. The van der Waals surface area contributed by atoms with Gasteiger partial charge in [0.25, 0.3) is 0 Å². The first-order chi connectivity index (χ1) is 29.8. The maximum absolute atomic E-state index is 7.09. The molecule has 60 heavy (non-hydrogen) atoms. The van der Waals surface area contributed by atoms with E-state index < -0.39 is 5.41 Å². The molecule has 13 rings (SSSR count). The average Bonchev–Trinajstić information content (AvgIpc) is 3.57. The van der Waals surface area contributed by atoms with Crippen LogP contribution in [0.5, 0.6) is 11.5 Å². The van der Waals surface area contributed by atoms with E-state index in [1.165, 1.54) is 66.4 Å². The summed E-state index contributed by atoms with van der Waals surface area (Å²) in [7, 11) is 0. The minimum absolute atomic E-state index is 0.0644. The summed E-state index contributed by atoms with van der Waals surface area (Å²) in [6, 6.07) is 67.5. The molecule has 0 amide bonds. The number of benzene rings is 8. The summed E-state index contributed by atoms with van der Waals surface area (Å²) in [6.45, 7) is 0. The number of hydrogen-bond acceptors (Lipinski definition) is 4. The van der Waals surface area contributed by atoms with Gasteiger partial charge in [-0.1, -0.05) is 158 Å². The minimum atomic E-state index is -0.631. The molecule has 8 aromatic carbocycles. The van der Waals surface area contributed by atoms with E-state index in [2.05, 4.69) is 156 Å². The van der Waals surface area contributed by atoms with Crippen LogP contribution in [0, 0.1) is 0 Å². The van der Waals surface area contributed by atoms with Crippen molar-refractivity contribution >= 4 is 21.8 Å². The number of aromatic nitrogens is 4. The summed E-state index contributed by atoms with van der Waals surface area (Å²) in [4.78, 5) is 15.6. The largest absolute Gasteiger partial charge is 0.457 e. The Morgan fingerprint density at radius 1 is 0.500 bits per heavy atom. The molecule has 10 aromatic rings. The topological polar surface area (TPSA) is 52.8 Å². The van der Waals surface area contributed by atoms with E-state index in [9.17, 15) is 0 Å².